The van der Waals surface area contributed by atoms with Crippen molar-refractivity contribution in [2.45, 2.75) is 12.2 Å². The van der Waals surface area contributed by atoms with Crippen molar-refractivity contribution in [1.29, 1.82) is 0 Å². The number of phenols is 1. The second-order valence-electron chi connectivity index (χ2n) is 7.51. The number of carbonyl (C=O) groups is 1. The highest BCUT2D eigenvalue weighted by Crippen LogP contribution is 2.42. The lowest BCUT2D eigenvalue weighted by Crippen LogP contribution is -2.60. The van der Waals surface area contributed by atoms with Crippen LogP contribution in [0, 0.1) is 11.6 Å². The van der Waals surface area contributed by atoms with Gasteiger partial charge in [0, 0.05) is 30.6 Å². The van der Waals surface area contributed by atoms with Crippen LogP contribution in [0.2, 0.25) is 5.02 Å². The van der Waals surface area contributed by atoms with Crippen LogP contribution in [0.1, 0.15) is 0 Å². The number of nitrogens with zero attached hydrogens (tertiary/aromatic N) is 4. The first-order chi connectivity index (χ1) is 16.0. The van der Waals surface area contributed by atoms with E-state index in [-0.39, 0.29) is 34.8 Å². The predicted octanol–water partition coefficient (Wildman–Crippen LogP) is 4.70. The number of amides is 1. The number of hydrogen-bond acceptors (Lipinski definition) is 5. The first-order valence-electron chi connectivity index (χ1n) is 9.89. The average Bonchev–Trinajstić information content (AvgIpc) is 2.79. The maximum absolute atomic E-state index is 15.5. The van der Waals surface area contributed by atoms with E-state index >= 15 is 4.39 Å². The molecule has 6 nitrogen and oxygen atoms in total. The Morgan fingerprint density at radius 2 is 1.94 bits per heavy atom. The third-order valence-corrected chi connectivity index (χ3v) is 5.86. The number of aromatic hydroxyl groups is 1. The average molecular weight is 499 g/mol. The molecule has 1 aliphatic rings. The van der Waals surface area contributed by atoms with Crippen molar-refractivity contribution in [3.05, 3.63) is 59.9 Å². The molecule has 0 aliphatic carbocycles. The van der Waals surface area contributed by atoms with E-state index in [1.54, 1.807) is 0 Å². The Balaban J connectivity index is 1.83. The highest BCUT2D eigenvalue weighted by molar-refractivity contribution is 6.34. The second kappa shape index (κ2) is 8.71. The van der Waals surface area contributed by atoms with E-state index in [9.17, 15) is 27.5 Å². The first-order valence-corrected chi connectivity index (χ1v) is 10.3. The molecular weight excluding hydrogens is 483 g/mol. The van der Waals surface area contributed by atoms with Crippen molar-refractivity contribution in [1.82, 2.24) is 14.9 Å². The molecule has 1 aliphatic heterocycles. The molecular formula is C22H16ClF5N4O2. The maximum atomic E-state index is 15.5. The molecule has 1 saturated heterocycles. The molecule has 178 valence electrons. The molecule has 1 aromatic heterocycles. The SMILES string of the molecule is C=CC(=O)N1CCN(c2ncnc3c(F)c(-c4c(O)cccc4F)c(Cl)cc23)CC1C(F)(F)F. The van der Waals surface area contributed by atoms with Crippen LogP contribution in [-0.2, 0) is 4.79 Å². The lowest BCUT2D eigenvalue weighted by Gasteiger charge is -2.42. The number of anilines is 1. The number of aromatic nitrogens is 2. The molecule has 2 aromatic carbocycles. The number of carbonyl (C=O) groups excluding carboxylic acids is 1. The van der Waals surface area contributed by atoms with Gasteiger partial charge in [0.1, 0.15) is 35.3 Å². The van der Waals surface area contributed by atoms with E-state index in [0.717, 1.165) is 24.5 Å². The molecule has 12 heteroatoms. The monoisotopic (exact) mass is 498 g/mol. The highest BCUT2D eigenvalue weighted by atomic mass is 35.5. The number of phenolic OH excluding ortho intramolecular Hbond substituents is 1. The zero-order chi connectivity index (χ0) is 24.8. The molecule has 0 radical (unpaired) electrons. The summed E-state index contributed by atoms with van der Waals surface area (Å²) < 4.78 is 71.0. The van der Waals surface area contributed by atoms with E-state index < -0.39 is 53.2 Å². The Bertz CT molecular complexity index is 1280. The summed E-state index contributed by atoms with van der Waals surface area (Å²) in [7, 11) is 0. The van der Waals surface area contributed by atoms with Crippen molar-refractivity contribution < 1.29 is 31.9 Å². The minimum atomic E-state index is -4.74. The topological polar surface area (TPSA) is 69.6 Å². The van der Waals surface area contributed by atoms with Crippen LogP contribution in [0.5, 0.6) is 5.75 Å². The van der Waals surface area contributed by atoms with Crippen LogP contribution in [0.3, 0.4) is 0 Å². The Labute approximate surface area is 194 Å². The molecule has 1 N–H and O–H groups in total. The molecule has 34 heavy (non-hydrogen) atoms. The molecule has 2 heterocycles. The molecule has 4 rings (SSSR count). The third-order valence-electron chi connectivity index (χ3n) is 5.56. The lowest BCUT2D eigenvalue weighted by atomic mass is 10.0. The molecule has 1 atom stereocenters. The fourth-order valence-electron chi connectivity index (χ4n) is 3.99. The van der Waals surface area contributed by atoms with Gasteiger partial charge in [-0.3, -0.25) is 4.79 Å². The summed E-state index contributed by atoms with van der Waals surface area (Å²) in [5.74, 6) is -3.44. The quantitative estimate of drug-likeness (QED) is 0.419. The van der Waals surface area contributed by atoms with E-state index in [2.05, 4.69) is 16.5 Å². The number of hydrogen-bond donors (Lipinski definition) is 1. The van der Waals surface area contributed by atoms with Crippen LogP contribution in [0.4, 0.5) is 27.8 Å². The summed E-state index contributed by atoms with van der Waals surface area (Å²) in [6, 6.07) is 2.47. The van der Waals surface area contributed by atoms with Gasteiger partial charge in [-0.2, -0.15) is 13.2 Å². The normalized spacial score (nSPS) is 16.7. The van der Waals surface area contributed by atoms with Crippen LogP contribution >= 0.6 is 11.6 Å². The van der Waals surface area contributed by atoms with Gasteiger partial charge in [-0.1, -0.05) is 24.2 Å². The Morgan fingerprint density at radius 1 is 1.21 bits per heavy atom. The molecule has 0 saturated carbocycles. The van der Waals surface area contributed by atoms with Crippen molar-refractivity contribution in [2.24, 2.45) is 0 Å². The van der Waals surface area contributed by atoms with Gasteiger partial charge in [-0.05, 0) is 24.3 Å². The second-order valence-corrected chi connectivity index (χ2v) is 7.92. The molecule has 3 aromatic rings. The summed E-state index contributed by atoms with van der Waals surface area (Å²) in [6.07, 6.45) is -2.97. The number of alkyl halides is 3. The largest absolute Gasteiger partial charge is 0.507 e. The summed E-state index contributed by atoms with van der Waals surface area (Å²) >= 11 is 6.25. The smallest absolute Gasteiger partial charge is 0.410 e. The van der Waals surface area contributed by atoms with E-state index in [1.165, 1.54) is 17.0 Å². The van der Waals surface area contributed by atoms with Crippen molar-refractivity contribution in [3.8, 4) is 16.9 Å². The Hall–Kier alpha value is -3.47. The zero-order valence-corrected chi connectivity index (χ0v) is 18.0. The number of rotatable bonds is 3. The van der Waals surface area contributed by atoms with Crippen molar-refractivity contribution in [2.75, 3.05) is 24.5 Å². The minimum absolute atomic E-state index is 0.00555. The summed E-state index contributed by atoms with van der Waals surface area (Å²) in [5.41, 5.74) is -1.23. The minimum Gasteiger partial charge on any atom is -0.507 e. The summed E-state index contributed by atoms with van der Waals surface area (Å²) in [5, 5.41) is 9.77. The predicted molar refractivity (Wildman–Crippen MR) is 116 cm³/mol. The highest BCUT2D eigenvalue weighted by Gasteiger charge is 2.48. The van der Waals surface area contributed by atoms with Gasteiger partial charge < -0.3 is 14.9 Å². The number of halogens is 6. The summed E-state index contributed by atoms with van der Waals surface area (Å²) in [4.78, 5) is 21.8. The van der Waals surface area contributed by atoms with Gasteiger partial charge in [0.15, 0.2) is 5.82 Å². The van der Waals surface area contributed by atoms with Gasteiger partial charge >= 0.3 is 6.18 Å². The third kappa shape index (κ3) is 4.00. The lowest BCUT2D eigenvalue weighted by molar-refractivity contribution is -0.188. The van der Waals surface area contributed by atoms with E-state index in [1.807, 2.05) is 0 Å². The Morgan fingerprint density at radius 3 is 2.59 bits per heavy atom. The van der Waals surface area contributed by atoms with E-state index in [4.69, 9.17) is 11.6 Å². The van der Waals surface area contributed by atoms with E-state index in [0.29, 0.717) is 4.90 Å². The van der Waals surface area contributed by atoms with Gasteiger partial charge in [0.05, 0.1) is 10.6 Å². The molecule has 1 amide bonds. The number of fused-ring (bicyclic) bond motifs is 1. The van der Waals surface area contributed by atoms with Gasteiger partial charge in [0.25, 0.3) is 0 Å². The first kappa shape index (κ1) is 23.7. The van der Waals surface area contributed by atoms with Crippen molar-refractivity contribution >= 4 is 34.2 Å². The van der Waals surface area contributed by atoms with Gasteiger partial charge in [-0.15, -0.1) is 0 Å². The zero-order valence-electron chi connectivity index (χ0n) is 17.3. The maximum Gasteiger partial charge on any atom is 0.410 e. The summed E-state index contributed by atoms with van der Waals surface area (Å²) in [6.45, 7) is 2.27. The molecule has 0 spiro atoms. The number of benzene rings is 2. The standard InChI is InChI=1S/C22H16ClF5N4O2/c1-2-16(34)32-7-6-31(9-15(32)22(26,27)28)21-11-8-12(23)17(19(25)20(11)29-10-30-21)18-13(24)4-3-5-14(18)33/h2-5,8,10,15,33H,1,6-7,9H2. The van der Waals surface area contributed by atoms with Crippen LogP contribution in [0.25, 0.3) is 22.0 Å². The van der Waals surface area contributed by atoms with Gasteiger partial charge in [0.2, 0.25) is 5.91 Å². The molecule has 1 unspecified atom stereocenters. The molecule has 1 fully saturated rings. The van der Waals surface area contributed by atoms with Crippen LogP contribution in [-0.4, -0.2) is 57.7 Å². The van der Waals surface area contributed by atoms with Crippen LogP contribution in [0.15, 0.2) is 43.2 Å². The van der Waals surface area contributed by atoms with Crippen molar-refractivity contribution in [3.63, 3.8) is 0 Å². The fraction of sp³-hybridized carbons (Fsp3) is 0.227. The number of piperazine rings is 1. The van der Waals surface area contributed by atoms with Gasteiger partial charge in [-0.25, -0.2) is 18.7 Å². The molecule has 0 bridgehead atoms. The van der Waals surface area contributed by atoms with Crippen LogP contribution < -0.4 is 4.90 Å². The fourth-order valence-corrected chi connectivity index (χ4v) is 4.28. The Kier molecular flexibility index (Phi) is 6.07.